The number of benzene rings is 1. The van der Waals surface area contributed by atoms with E-state index >= 15 is 0 Å². The molecule has 1 saturated heterocycles. The highest BCUT2D eigenvalue weighted by Gasteiger charge is 2.30. The van der Waals surface area contributed by atoms with Gasteiger partial charge in [0.25, 0.3) is 5.91 Å². The molecule has 0 unspecified atom stereocenters. The predicted molar refractivity (Wildman–Crippen MR) is 105 cm³/mol. The summed E-state index contributed by atoms with van der Waals surface area (Å²) in [4.78, 5) is 29.8. The molecule has 0 saturated carbocycles. The quantitative estimate of drug-likeness (QED) is 0.632. The molecule has 0 N–H and O–H groups in total. The van der Waals surface area contributed by atoms with Gasteiger partial charge in [-0.15, -0.1) is 0 Å². The van der Waals surface area contributed by atoms with Crippen LogP contribution in [-0.2, 0) is 30.8 Å². The summed E-state index contributed by atoms with van der Waals surface area (Å²) < 4.78 is 44.5. The molecule has 1 aromatic heterocycles. The van der Waals surface area contributed by atoms with Crippen LogP contribution in [0.5, 0.6) is 0 Å². The zero-order valence-electron chi connectivity index (χ0n) is 16.5. The highest BCUT2D eigenvalue weighted by Crippen LogP contribution is 2.18. The number of esters is 1. The van der Waals surface area contributed by atoms with Gasteiger partial charge in [0.05, 0.1) is 11.3 Å². The van der Waals surface area contributed by atoms with Gasteiger partial charge in [-0.3, -0.25) is 14.6 Å². The highest BCUT2D eigenvalue weighted by atomic mass is 32.2. The van der Waals surface area contributed by atoms with Gasteiger partial charge in [-0.05, 0) is 42.8 Å². The maximum Gasteiger partial charge on any atom is 0.310 e. The van der Waals surface area contributed by atoms with Crippen molar-refractivity contribution in [3.05, 3.63) is 59.7 Å². The topological polar surface area (TPSA) is 96.9 Å². The van der Waals surface area contributed by atoms with E-state index in [-0.39, 0.29) is 43.4 Å². The molecule has 1 aliphatic heterocycles. The van der Waals surface area contributed by atoms with Crippen LogP contribution in [0.1, 0.15) is 11.3 Å². The second-order valence-electron chi connectivity index (χ2n) is 6.88. The van der Waals surface area contributed by atoms with Crippen LogP contribution in [0.4, 0.5) is 4.39 Å². The van der Waals surface area contributed by atoms with Crippen molar-refractivity contribution in [3.8, 4) is 0 Å². The van der Waals surface area contributed by atoms with Crippen LogP contribution in [0.2, 0.25) is 0 Å². The monoisotopic (exact) mass is 435 g/mol. The summed E-state index contributed by atoms with van der Waals surface area (Å²) in [5.74, 6) is -1.44. The number of halogens is 1. The molecular formula is C20H22FN3O5S. The minimum Gasteiger partial charge on any atom is -0.455 e. The number of sulfonamides is 1. The fraction of sp³-hybridized carbons (Fsp3) is 0.350. The lowest BCUT2D eigenvalue weighted by atomic mass is 10.2. The number of amides is 1. The van der Waals surface area contributed by atoms with E-state index < -0.39 is 28.4 Å². The summed E-state index contributed by atoms with van der Waals surface area (Å²) in [6.07, 6.45) is 1.60. The maximum atomic E-state index is 13.0. The van der Waals surface area contributed by atoms with Crippen LogP contribution in [0.15, 0.2) is 47.5 Å². The average molecular weight is 435 g/mol. The molecule has 0 spiro atoms. The molecule has 0 atom stereocenters. The lowest BCUT2D eigenvalue weighted by molar-refractivity contribution is -0.152. The summed E-state index contributed by atoms with van der Waals surface area (Å²) in [5.41, 5.74) is 1.53. The lowest BCUT2D eigenvalue weighted by Crippen LogP contribution is -2.51. The number of piperazine rings is 1. The van der Waals surface area contributed by atoms with E-state index in [0.29, 0.717) is 5.56 Å². The average Bonchev–Trinajstić information content (AvgIpc) is 2.74. The Labute approximate surface area is 174 Å². The third-order valence-corrected chi connectivity index (χ3v) is 6.63. The van der Waals surface area contributed by atoms with Gasteiger partial charge in [-0.2, -0.15) is 4.31 Å². The molecule has 1 amide bonds. The van der Waals surface area contributed by atoms with Crippen molar-refractivity contribution >= 4 is 21.9 Å². The Morgan fingerprint density at radius 1 is 1.07 bits per heavy atom. The Morgan fingerprint density at radius 2 is 1.73 bits per heavy atom. The minimum absolute atomic E-state index is 0.00296. The van der Waals surface area contributed by atoms with Gasteiger partial charge in [0, 0.05) is 38.1 Å². The molecular weight excluding hydrogens is 413 g/mol. The molecule has 0 radical (unpaired) electrons. The molecule has 10 heteroatoms. The van der Waals surface area contributed by atoms with Crippen molar-refractivity contribution < 1.29 is 27.1 Å². The Kier molecular flexibility index (Phi) is 6.78. The van der Waals surface area contributed by atoms with Crippen LogP contribution < -0.4 is 0 Å². The van der Waals surface area contributed by atoms with Gasteiger partial charge in [0.2, 0.25) is 10.0 Å². The first-order valence-electron chi connectivity index (χ1n) is 9.36. The van der Waals surface area contributed by atoms with Crippen LogP contribution >= 0.6 is 0 Å². The number of hydrogen-bond acceptors (Lipinski definition) is 6. The van der Waals surface area contributed by atoms with Crippen LogP contribution in [0.3, 0.4) is 0 Å². The number of carbonyl (C=O) groups excluding carboxylic acids is 2. The first kappa shape index (κ1) is 21.8. The third-order valence-electron chi connectivity index (χ3n) is 4.72. The predicted octanol–water partition coefficient (Wildman–Crippen LogP) is 1.15. The first-order valence-corrected chi connectivity index (χ1v) is 10.8. The van der Waals surface area contributed by atoms with E-state index in [1.54, 1.807) is 18.3 Å². The fourth-order valence-corrected chi connectivity index (χ4v) is 4.41. The van der Waals surface area contributed by atoms with Gasteiger partial charge in [-0.25, -0.2) is 12.8 Å². The molecule has 160 valence electrons. The lowest BCUT2D eigenvalue weighted by Gasteiger charge is -2.33. The number of ether oxygens (including phenoxy) is 1. The van der Waals surface area contributed by atoms with Crippen LogP contribution in [0.25, 0.3) is 0 Å². The van der Waals surface area contributed by atoms with E-state index in [0.717, 1.165) is 17.8 Å². The van der Waals surface area contributed by atoms with Gasteiger partial charge in [-0.1, -0.05) is 6.07 Å². The van der Waals surface area contributed by atoms with E-state index in [1.165, 1.54) is 21.3 Å². The van der Waals surface area contributed by atoms with E-state index in [4.69, 9.17) is 4.74 Å². The molecule has 30 heavy (non-hydrogen) atoms. The van der Waals surface area contributed by atoms with Crippen molar-refractivity contribution in [2.24, 2.45) is 0 Å². The summed E-state index contributed by atoms with van der Waals surface area (Å²) in [5, 5.41) is 0. The highest BCUT2D eigenvalue weighted by molar-refractivity contribution is 7.89. The minimum atomic E-state index is -3.75. The number of hydrogen-bond donors (Lipinski definition) is 0. The number of pyridine rings is 1. The number of aromatic nitrogens is 1. The van der Waals surface area contributed by atoms with Crippen molar-refractivity contribution in [1.82, 2.24) is 14.2 Å². The first-order chi connectivity index (χ1) is 14.3. The van der Waals surface area contributed by atoms with Crippen LogP contribution in [0, 0.1) is 12.7 Å². The molecule has 1 fully saturated rings. The van der Waals surface area contributed by atoms with Crippen molar-refractivity contribution in [3.63, 3.8) is 0 Å². The Bertz CT molecular complexity index is 1000. The van der Waals surface area contributed by atoms with Gasteiger partial charge in [0.1, 0.15) is 5.82 Å². The number of rotatable bonds is 6. The maximum absolute atomic E-state index is 13.0. The van der Waals surface area contributed by atoms with Gasteiger partial charge >= 0.3 is 5.97 Å². The molecule has 3 rings (SSSR count). The molecule has 0 aliphatic carbocycles. The molecule has 8 nitrogen and oxygen atoms in total. The number of nitrogens with zero attached hydrogens (tertiary/aromatic N) is 3. The Morgan fingerprint density at radius 3 is 2.33 bits per heavy atom. The zero-order chi connectivity index (χ0) is 21.7. The standard InChI is InChI=1S/C20H22FN3O5S/c1-15-2-3-16(13-22-15)12-20(26)29-14-19(25)23-8-10-24(11-9-23)30(27,28)18-6-4-17(21)5-7-18/h2-7,13H,8-12,14H2,1H3. The van der Waals surface area contributed by atoms with Gasteiger partial charge in [0.15, 0.2) is 6.61 Å². The second-order valence-corrected chi connectivity index (χ2v) is 8.82. The number of carbonyl (C=O) groups is 2. The van der Waals surface area contributed by atoms with Crippen LogP contribution in [-0.4, -0.2) is 67.3 Å². The fourth-order valence-electron chi connectivity index (χ4n) is 2.99. The van der Waals surface area contributed by atoms with Crippen molar-refractivity contribution in [2.45, 2.75) is 18.2 Å². The summed E-state index contributed by atoms with van der Waals surface area (Å²) in [6.45, 7) is 2.01. The number of aryl methyl sites for hydroxylation is 1. The molecule has 0 bridgehead atoms. The van der Waals surface area contributed by atoms with Crippen molar-refractivity contribution in [2.75, 3.05) is 32.8 Å². The second kappa shape index (κ2) is 9.31. The van der Waals surface area contributed by atoms with E-state index in [9.17, 15) is 22.4 Å². The van der Waals surface area contributed by atoms with Gasteiger partial charge < -0.3 is 9.64 Å². The largest absolute Gasteiger partial charge is 0.455 e. The Balaban J connectivity index is 1.47. The molecule has 2 heterocycles. The molecule has 2 aromatic rings. The molecule has 1 aromatic carbocycles. The Hall–Kier alpha value is -2.85. The summed E-state index contributed by atoms with van der Waals surface area (Å²) in [7, 11) is -3.75. The summed E-state index contributed by atoms with van der Waals surface area (Å²) >= 11 is 0. The van der Waals surface area contributed by atoms with Crippen molar-refractivity contribution in [1.29, 1.82) is 0 Å². The van der Waals surface area contributed by atoms with E-state index in [2.05, 4.69) is 4.98 Å². The smallest absolute Gasteiger partial charge is 0.310 e. The van der Waals surface area contributed by atoms with E-state index in [1.807, 2.05) is 6.92 Å². The third kappa shape index (κ3) is 5.39. The zero-order valence-corrected chi connectivity index (χ0v) is 17.3. The normalized spacial score (nSPS) is 15.1. The SMILES string of the molecule is Cc1ccc(CC(=O)OCC(=O)N2CCN(S(=O)(=O)c3ccc(F)cc3)CC2)cn1. The molecule has 1 aliphatic rings. The summed E-state index contributed by atoms with van der Waals surface area (Å²) in [6, 6.07) is 8.16.